The van der Waals surface area contributed by atoms with E-state index in [0.29, 0.717) is 11.3 Å². The number of carbonyl (C=O) groups is 1. The maximum absolute atomic E-state index is 12.1. The highest BCUT2D eigenvalue weighted by Crippen LogP contribution is 2.44. The molecule has 5 nitrogen and oxygen atoms in total. The molecule has 130 valence electrons. The molecule has 1 aromatic heterocycles. The Bertz CT molecular complexity index is 1020. The molecular weight excluding hydrogens is 346 g/mol. The van der Waals surface area contributed by atoms with Gasteiger partial charge in [-0.25, -0.2) is 5.43 Å². The molecule has 1 aliphatic heterocycles. The average Bonchev–Trinajstić information content (AvgIpc) is 3.09. The third kappa shape index (κ3) is 3.11. The van der Waals surface area contributed by atoms with Crippen molar-refractivity contribution in [3.8, 4) is 0 Å². The highest BCUT2D eigenvalue weighted by atomic mass is 32.2. The molecule has 1 aliphatic rings. The second kappa shape index (κ2) is 6.72. The lowest BCUT2D eigenvalue weighted by atomic mass is 10.1. The van der Waals surface area contributed by atoms with E-state index in [1.807, 2.05) is 31.2 Å². The van der Waals surface area contributed by atoms with Crippen LogP contribution >= 0.6 is 11.8 Å². The van der Waals surface area contributed by atoms with Crippen LogP contribution in [0.25, 0.3) is 0 Å². The summed E-state index contributed by atoms with van der Waals surface area (Å²) in [5, 5.41) is 7.68. The van der Waals surface area contributed by atoms with E-state index in [2.05, 4.69) is 34.0 Å². The quantitative estimate of drug-likeness (QED) is 0.399. The van der Waals surface area contributed by atoms with Gasteiger partial charge in [0.15, 0.2) is 0 Å². The monoisotopic (exact) mass is 363 g/mol. The Balaban J connectivity index is 1.54. The summed E-state index contributed by atoms with van der Waals surface area (Å²) in [6, 6.07) is 16.0. The fourth-order valence-corrected chi connectivity index (χ4v) is 3.71. The van der Waals surface area contributed by atoms with Crippen molar-refractivity contribution >= 4 is 34.8 Å². The first-order valence-corrected chi connectivity index (χ1v) is 9.00. The number of benzene rings is 2. The van der Waals surface area contributed by atoms with Gasteiger partial charge < -0.3 is 9.73 Å². The summed E-state index contributed by atoms with van der Waals surface area (Å²) in [5.74, 6) is 0.292. The minimum atomic E-state index is -0.281. The number of para-hydroxylation sites is 1. The number of anilines is 2. The minimum Gasteiger partial charge on any atom is -0.469 e. The molecular formula is C20H17N3O2S. The van der Waals surface area contributed by atoms with Crippen LogP contribution in [0.1, 0.15) is 28.6 Å². The van der Waals surface area contributed by atoms with E-state index < -0.39 is 0 Å². The summed E-state index contributed by atoms with van der Waals surface area (Å²) >= 11 is 1.74. The van der Waals surface area contributed by atoms with Gasteiger partial charge in [-0.1, -0.05) is 30.0 Å². The SMILES string of the molecule is CC(=NNC(=O)c1ccoc1C)c1ccc2c(c1)Nc1ccccc1S2. The van der Waals surface area contributed by atoms with Gasteiger partial charge in [-0.15, -0.1) is 0 Å². The zero-order chi connectivity index (χ0) is 18.1. The number of hydrogen-bond donors (Lipinski definition) is 2. The fourth-order valence-electron chi connectivity index (χ4n) is 2.74. The topological polar surface area (TPSA) is 66.6 Å². The van der Waals surface area contributed by atoms with Crippen LogP contribution in [0.15, 0.2) is 74.1 Å². The van der Waals surface area contributed by atoms with Gasteiger partial charge in [0.05, 0.1) is 28.9 Å². The van der Waals surface area contributed by atoms with E-state index in [0.717, 1.165) is 22.6 Å². The van der Waals surface area contributed by atoms with Crippen LogP contribution in [0.5, 0.6) is 0 Å². The molecule has 3 aromatic rings. The lowest BCUT2D eigenvalue weighted by molar-refractivity contribution is 0.0953. The highest BCUT2D eigenvalue weighted by molar-refractivity contribution is 7.99. The summed E-state index contributed by atoms with van der Waals surface area (Å²) < 4.78 is 5.15. The summed E-state index contributed by atoms with van der Waals surface area (Å²) in [4.78, 5) is 14.5. The van der Waals surface area contributed by atoms with Gasteiger partial charge >= 0.3 is 0 Å². The molecule has 6 heteroatoms. The molecule has 1 amide bonds. The Morgan fingerprint density at radius 1 is 1.12 bits per heavy atom. The van der Waals surface area contributed by atoms with Crippen LogP contribution < -0.4 is 10.7 Å². The minimum absolute atomic E-state index is 0.281. The maximum atomic E-state index is 12.1. The molecule has 0 saturated carbocycles. The summed E-state index contributed by atoms with van der Waals surface area (Å²) in [7, 11) is 0. The molecule has 0 fully saturated rings. The lowest BCUT2D eigenvalue weighted by Gasteiger charge is -2.21. The molecule has 0 atom stereocenters. The van der Waals surface area contributed by atoms with Crippen LogP contribution in [0.3, 0.4) is 0 Å². The van der Waals surface area contributed by atoms with Crippen LogP contribution in [0, 0.1) is 6.92 Å². The number of aryl methyl sites for hydroxylation is 1. The largest absolute Gasteiger partial charge is 0.469 e. The molecule has 0 spiro atoms. The molecule has 4 rings (SSSR count). The maximum Gasteiger partial charge on any atom is 0.274 e. The Kier molecular flexibility index (Phi) is 4.26. The zero-order valence-corrected chi connectivity index (χ0v) is 15.2. The summed E-state index contributed by atoms with van der Waals surface area (Å²) in [6.45, 7) is 3.62. The van der Waals surface area contributed by atoms with E-state index in [4.69, 9.17) is 4.42 Å². The number of amides is 1. The number of rotatable bonds is 3. The van der Waals surface area contributed by atoms with Crippen molar-refractivity contribution in [2.24, 2.45) is 5.10 Å². The third-order valence-electron chi connectivity index (χ3n) is 4.20. The molecule has 2 heterocycles. The highest BCUT2D eigenvalue weighted by Gasteiger charge is 2.16. The molecule has 0 unspecified atom stereocenters. The van der Waals surface area contributed by atoms with Crippen LogP contribution in [0.2, 0.25) is 0 Å². The first-order chi connectivity index (χ1) is 12.6. The first-order valence-electron chi connectivity index (χ1n) is 8.19. The standard InChI is InChI=1S/C20H17N3O2S/c1-12(22-23-20(24)15-9-10-25-13(15)2)14-7-8-19-17(11-14)21-16-5-3-4-6-18(16)26-19/h3-11,21H,1-2H3,(H,23,24). The summed E-state index contributed by atoms with van der Waals surface area (Å²) in [6.07, 6.45) is 1.49. The van der Waals surface area contributed by atoms with Crippen molar-refractivity contribution in [2.45, 2.75) is 23.6 Å². The Hall–Kier alpha value is -2.99. The number of furan rings is 1. The molecule has 2 N–H and O–H groups in total. The van der Waals surface area contributed by atoms with Gasteiger partial charge in [0.2, 0.25) is 0 Å². The summed E-state index contributed by atoms with van der Waals surface area (Å²) in [5.41, 5.74) is 6.88. The number of hydrazone groups is 1. The van der Waals surface area contributed by atoms with E-state index in [1.165, 1.54) is 16.1 Å². The second-order valence-electron chi connectivity index (χ2n) is 5.96. The third-order valence-corrected chi connectivity index (χ3v) is 5.35. The molecule has 26 heavy (non-hydrogen) atoms. The molecule has 0 saturated heterocycles. The van der Waals surface area contributed by atoms with E-state index in [-0.39, 0.29) is 5.91 Å². The van der Waals surface area contributed by atoms with Crippen molar-refractivity contribution in [3.05, 3.63) is 71.7 Å². The van der Waals surface area contributed by atoms with Crippen molar-refractivity contribution in [3.63, 3.8) is 0 Å². The van der Waals surface area contributed by atoms with E-state index in [1.54, 1.807) is 24.8 Å². The van der Waals surface area contributed by atoms with Crippen molar-refractivity contribution in [2.75, 3.05) is 5.32 Å². The predicted molar refractivity (Wildman–Crippen MR) is 103 cm³/mol. The van der Waals surface area contributed by atoms with E-state index >= 15 is 0 Å². The first kappa shape index (κ1) is 16.5. The zero-order valence-electron chi connectivity index (χ0n) is 14.4. The van der Waals surface area contributed by atoms with Crippen LogP contribution in [0.4, 0.5) is 11.4 Å². The number of nitrogens with one attached hydrogen (secondary N) is 2. The molecule has 0 bridgehead atoms. The second-order valence-corrected chi connectivity index (χ2v) is 7.05. The molecule has 0 radical (unpaired) electrons. The Morgan fingerprint density at radius 3 is 2.73 bits per heavy atom. The van der Waals surface area contributed by atoms with Crippen LogP contribution in [-0.2, 0) is 0 Å². The fraction of sp³-hybridized carbons (Fsp3) is 0.100. The van der Waals surface area contributed by atoms with Gasteiger partial charge in [0.1, 0.15) is 5.76 Å². The number of fused-ring (bicyclic) bond motifs is 2. The van der Waals surface area contributed by atoms with Gasteiger partial charge in [-0.2, -0.15) is 5.10 Å². The Morgan fingerprint density at radius 2 is 1.92 bits per heavy atom. The number of nitrogens with zero attached hydrogens (tertiary/aromatic N) is 1. The van der Waals surface area contributed by atoms with Gasteiger partial charge in [0.25, 0.3) is 5.91 Å². The smallest absolute Gasteiger partial charge is 0.274 e. The number of carbonyl (C=O) groups excluding carboxylic acids is 1. The molecule has 2 aromatic carbocycles. The van der Waals surface area contributed by atoms with E-state index in [9.17, 15) is 4.79 Å². The average molecular weight is 363 g/mol. The Labute approximate surface area is 155 Å². The van der Waals surface area contributed by atoms with Gasteiger partial charge in [0, 0.05) is 9.79 Å². The van der Waals surface area contributed by atoms with Crippen molar-refractivity contribution in [1.29, 1.82) is 0 Å². The normalized spacial score (nSPS) is 12.8. The lowest BCUT2D eigenvalue weighted by Crippen LogP contribution is -2.19. The molecule has 0 aliphatic carbocycles. The predicted octanol–water partition coefficient (Wildman–Crippen LogP) is 4.95. The number of hydrogen-bond acceptors (Lipinski definition) is 5. The van der Waals surface area contributed by atoms with Crippen molar-refractivity contribution < 1.29 is 9.21 Å². The van der Waals surface area contributed by atoms with Gasteiger partial charge in [-0.3, -0.25) is 4.79 Å². The van der Waals surface area contributed by atoms with Crippen molar-refractivity contribution in [1.82, 2.24) is 5.43 Å². The van der Waals surface area contributed by atoms with Gasteiger partial charge in [-0.05, 0) is 49.7 Å². The van der Waals surface area contributed by atoms with Crippen LogP contribution in [-0.4, -0.2) is 11.6 Å².